The molecule has 32 heavy (non-hydrogen) atoms. The Balaban J connectivity index is 2.04. The van der Waals surface area contributed by atoms with Gasteiger partial charge < -0.3 is 25.2 Å². The molecule has 1 heterocycles. The highest BCUT2D eigenvalue weighted by molar-refractivity contribution is 5.89. The van der Waals surface area contributed by atoms with E-state index in [1.807, 2.05) is 12.1 Å². The van der Waals surface area contributed by atoms with Gasteiger partial charge in [0.05, 0.1) is 6.42 Å². The average Bonchev–Trinajstić information content (AvgIpc) is 2.93. The summed E-state index contributed by atoms with van der Waals surface area (Å²) in [5, 5.41) is 21.5. The third kappa shape index (κ3) is 6.77. The molecular formula is C24H36N2O6. The predicted molar refractivity (Wildman–Crippen MR) is 120 cm³/mol. The van der Waals surface area contributed by atoms with Gasteiger partial charge in [-0.05, 0) is 56.5 Å². The van der Waals surface area contributed by atoms with E-state index in [1.165, 1.54) is 0 Å². The quantitative estimate of drug-likeness (QED) is 0.392. The Morgan fingerprint density at radius 3 is 2.59 bits per heavy atom. The molecular weight excluding hydrogens is 412 g/mol. The van der Waals surface area contributed by atoms with Crippen molar-refractivity contribution in [2.75, 3.05) is 20.1 Å². The van der Waals surface area contributed by atoms with Gasteiger partial charge in [0.2, 0.25) is 5.91 Å². The van der Waals surface area contributed by atoms with Crippen molar-refractivity contribution in [3.05, 3.63) is 29.8 Å². The molecule has 8 nitrogen and oxygen atoms in total. The summed E-state index contributed by atoms with van der Waals surface area (Å²) in [5.41, 5.74) is 1.09. The Kier molecular flexibility index (Phi) is 9.21. The Bertz CT molecular complexity index is 811. The van der Waals surface area contributed by atoms with Crippen LogP contribution in [-0.2, 0) is 19.8 Å². The van der Waals surface area contributed by atoms with Crippen LogP contribution in [-0.4, -0.2) is 65.2 Å². The fraction of sp³-hybridized carbons (Fsp3) is 0.625. The number of nitrogens with one attached hydrogen (secondary N) is 1. The molecule has 1 aliphatic heterocycles. The molecule has 1 aromatic carbocycles. The van der Waals surface area contributed by atoms with Crippen LogP contribution in [0.1, 0.15) is 58.4 Å². The maximum Gasteiger partial charge on any atom is 0.326 e. The smallest absolute Gasteiger partial charge is 0.326 e. The summed E-state index contributed by atoms with van der Waals surface area (Å²) >= 11 is 0. The number of carboxylic acid groups (broad SMARTS) is 1. The van der Waals surface area contributed by atoms with E-state index in [-0.39, 0.29) is 11.3 Å². The van der Waals surface area contributed by atoms with Gasteiger partial charge >= 0.3 is 11.9 Å². The molecule has 0 aliphatic carbocycles. The Morgan fingerprint density at radius 2 is 1.97 bits per heavy atom. The summed E-state index contributed by atoms with van der Waals surface area (Å²) in [6.45, 7) is 7.45. The molecule has 2 rings (SSSR count). The lowest BCUT2D eigenvalue weighted by molar-refractivity contribution is -0.146. The molecule has 0 saturated carbocycles. The highest BCUT2D eigenvalue weighted by atomic mass is 16.5. The molecule has 0 aromatic heterocycles. The number of aliphatic carboxylic acids is 1. The van der Waals surface area contributed by atoms with E-state index < -0.39 is 36.4 Å². The summed E-state index contributed by atoms with van der Waals surface area (Å²) < 4.78 is 5.41. The molecule has 178 valence electrons. The zero-order valence-electron chi connectivity index (χ0n) is 19.5. The first kappa shape index (κ1) is 25.8. The number of aliphatic hydroxyl groups excluding tert-OH is 1. The molecule has 0 radical (unpaired) electrons. The van der Waals surface area contributed by atoms with Gasteiger partial charge in [-0.25, -0.2) is 4.79 Å². The van der Waals surface area contributed by atoms with Crippen LogP contribution in [0.25, 0.3) is 0 Å². The number of carbonyl (C=O) groups excluding carboxylic acids is 2. The third-order valence-corrected chi connectivity index (χ3v) is 6.27. The second-order valence-electron chi connectivity index (χ2n) is 9.12. The molecule has 1 fully saturated rings. The van der Waals surface area contributed by atoms with Crippen molar-refractivity contribution in [3.8, 4) is 5.75 Å². The second kappa shape index (κ2) is 11.4. The number of nitrogens with zero attached hydrogens (tertiary/aromatic N) is 1. The molecule has 3 N–H and O–H groups in total. The number of likely N-dealkylation sites (tertiary alicyclic amines) is 1. The number of amides is 1. The van der Waals surface area contributed by atoms with Crippen LogP contribution in [0.3, 0.4) is 0 Å². The van der Waals surface area contributed by atoms with Crippen molar-refractivity contribution in [2.24, 2.45) is 5.92 Å². The number of esters is 1. The average molecular weight is 449 g/mol. The lowest BCUT2D eigenvalue weighted by Crippen LogP contribution is -2.48. The van der Waals surface area contributed by atoms with Gasteiger partial charge in [0.25, 0.3) is 0 Å². The van der Waals surface area contributed by atoms with E-state index in [1.54, 1.807) is 19.9 Å². The largest absolute Gasteiger partial charge is 0.480 e. The van der Waals surface area contributed by atoms with E-state index >= 15 is 0 Å². The summed E-state index contributed by atoms with van der Waals surface area (Å²) in [4.78, 5) is 38.0. The summed E-state index contributed by atoms with van der Waals surface area (Å²) in [6.07, 6.45) is 2.06. The van der Waals surface area contributed by atoms with Gasteiger partial charge in [0, 0.05) is 12.0 Å². The molecule has 1 saturated heterocycles. The number of rotatable bonds is 9. The van der Waals surface area contributed by atoms with Crippen LogP contribution < -0.4 is 10.1 Å². The van der Waals surface area contributed by atoms with E-state index in [4.69, 9.17) is 9.84 Å². The zero-order chi connectivity index (χ0) is 23.9. The highest BCUT2D eigenvalue weighted by Gasteiger charge is 2.33. The van der Waals surface area contributed by atoms with Crippen molar-refractivity contribution in [3.63, 3.8) is 0 Å². The van der Waals surface area contributed by atoms with Gasteiger partial charge in [0.1, 0.15) is 17.9 Å². The molecule has 8 heteroatoms. The monoisotopic (exact) mass is 448 g/mol. The Hall–Kier alpha value is -2.45. The van der Waals surface area contributed by atoms with Crippen molar-refractivity contribution in [2.45, 2.75) is 70.4 Å². The molecule has 1 aliphatic rings. The fourth-order valence-electron chi connectivity index (χ4n) is 4.32. The maximum atomic E-state index is 12.3. The molecule has 0 bridgehead atoms. The van der Waals surface area contributed by atoms with E-state index in [2.05, 4.69) is 30.3 Å². The van der Waals surface area contributed by atoms with Gasteiger partial charge in [-0.1, -0.05) is 39.3 Å². The van der Waals surface area contributed by atoms with Crippen LogP contribution in [0.15, 0.2) is 24.3 Å². The Labute approximate surface area is 189 Å². The molecule has 1 aromatic rings. The number of hydrogen-bond donors (Lipinski definition) is 3. The maximum absolute atomic E-state index is 12.3. The lowest BCUT2D eigenvalue weighted by atomic mass is 9.74. The van der Waals surface area contributed by atoms with Crippen molar-refractivity contribution >= 4 is 17.8 Å². The number of hydrogen-bond acceptors (Lipinski definition) is 6. The van der Waals surface area contributed by atoms with Crippen LogP contribution in [0.2, 0.25) is 0 Å². The lowest BCUT2D eigenvalue weighted by Gasteiger charge is -2.35. The first-order chi connectivity index (χ1) is 15.1. The Morgan fingerprint density at radius 1 is 1.25 bits per heavy atom. The molecule has 1 unspecified atom stereocenters. The third-order valence-electron chi connectivity index (χ3n) is 6.27. The fourth-order valence-corrected chi connectivity index (χ4v) is 4.32. The number of likely N-dealkylation sites (N-methyl/N-ethyl adjacent to an activating group) is 1. The number of benzene rings is 1. The van der Waals surface area contributed by atoms with Gasteiger partial charge in [-0.3, -0.25) is 9.59 Å². The van der Waals surface area contributed by atoms with Crippen LogP contribution in [0, 0.1) is 5.92 Å². The van der Waals surface area contributed by atoms with E-state index in [0.29, 0.717) is 5.75 Å². The highest BCUT2D eigenvalue weighted by Crippen LogP contribution is 2.37. The predicted octanol–water partition coefficient (Wildman–Crippen LogP) is 2.33. The van der Waals surface area contributed by atoms with E-state index in [9.17, 15) is 19.5 Å². The first-order valence-electron chi connectivity index (χ1n) is 11.3. The minimum Gasteiger partial charge on any atom is -0.480 e. The van der Waals surface area contributed by atoms with Crippen molar-refractivity contribution in [1.82, 2.24) is 10.2 Å². The number of carboxylic acids is 1. The topological polar surface area (TPSA) is 116 Å². The second-order valence-corrected chi connectivity index (χ2v) is 9.12. The standard InChI is InChI=1S/C24H36N2O6/c1-5-24(11-6-7-12-26(4)15-24)17-9-8-10-18(13-17)32-20(28)14-19(27)22(29)25-21(16(2)3)23(30)31/h8-10,13,16,19,21,27H,5-7,11-12,14-15H2,1-4H3,(H,25,29)(H,30,31)/t19-,21+,24?/m1/s1. The summed E-state index contributed by atoms with van der Waals surface area (Å²) in [7, 11) is 2.13. The van der Waals surface area contributed by atoms with Crippen molar-refractivity contribution in [1.29, 1.82) is 0 Å². The van der Waals surface area contributed by atoms with E-state index in [0.717, 1.165) is 44.3 Å². The van der Waals surface area contributed by atoms with Crippen LogP contribution in [0.5, 0.6) is 5.75 Å². The summed E-state index contributed by atoms with van der Waals surface area (Å²) in [5.74, 6) is -2.88. The number of ether oxygens (including phenoxy) is 1. The van der Waals surface area contributed by atoms with Crippen molar-refractivity contribution < 1.29 is 29.3 Å². The molecule has 0 spiro atoms. The van der Waals surface area contributed by atoms with Crippen LogP contribution >= 0.6 is 0 Å². The zero-order valence-corrected chi connectivity index (χ0v) is 19.5. The van der Waals surface area contributed by atoms with Gasteiger partial charge in [-0.15, -0.1) is 0 Å². The minimum absolute atomic E-state index is 0.0181. The van der Waals surface area contributed by atoms with Gasteiger partial charge in [-0.2, -0.15) is 0 Å². The summed E-state index contributed by atoms with van der Waals surface area (Å²) in [6, 6.07) is 6.31. The van der Waals surface area contributed by atoms with Crippen LogP contribution in [0.4, 0.5) is 0 Å². The molecule has 3 atom stereocenters. The molecule has 1 amide bonds. The normalized spacial score (nSPS) is 21.4. The first-order valence-corrected chi connectivity index (χ1v) is 11.3. The SMILES string of the molecule is CCC1(c2cccc(OC(=O)C[C@@H](O)C(=O)N[C@H](C(=O)O)C(C)C)c2)CCCCN(C)C1. The number of carbonyl (C=O) groups is 3. The van der Waals surface area contributed by atoms with Gasteiger partial charge in [0.15, 0.2) is 0 Å². The number of aliphatic hydroxyl groups is 1. The minimum atomic E-state index is -1.69.